The molecule has 1 aromatic carbocycles. The summed E-state index contributed by atoms with van der Waals surface area (Å²) in [4.78, 5) is 3.74. The molecule has 0 saturated heterocycles. The second kappa shape index (κ2) is 3.85. The van der Waals surface area contributed by atoms with Crippen molar-refractivity contribution in [2.24, 2.45) is 0 Å². The van der Waals surface area contributed by atoms with E-state index in [1.807, 2.05) is 11.8 Å². The largest absolute Gasteiger partial charge is 0.374 e. The minimum atomic E-state index is 0.666. The SMILES string of the molecule is CC(C)Sc1ccc2c(c1)N(C)CC2. The molecule has 0 atom stereocenters. The van der Waals surface area contributed by atoms with Crippen LogP contribution in [0.1, 0.15) is 19.4 Å². The monoisotopic (exact) mass is 207 g/mol. The number of thioether (sulfide) groups is 1. The number of hydrogen-bond acceptors (Lipinski definition) is 2. The number of nitrogens with zero attached hydrogens (tertiary/aromatic N) is 1. The smallest absolute Gasteiger partial charge is 0.0408 e. The van der Waals surface area contributed by atoms with Crippen LogP contribution in [0.3, 0.4) is 0 Å². The van der Waals surface area contributed by atoms with Crippen molar-refractivity contribution in [2.75, 3.05) is 18.5 Å². The highest BCUT2D eigenvalue weighted by atomic mass is 32.2. The summed E-state index contributed by atoms with van der Waals surface area (Å²) in [5, 5.41) is 0.666. The average Bonchev–Trinajstić information content (AvgIpc) is 2.47. The van der Waals surface area contributed by atoms with E-state index in [4.69, 9.17) is 0 Å². The van der Waals surface area contributed by atoms with Crippen molar-refractivity contribution < 1.29 is 0 Å². The highest BCUT2D eigenvalue weighted by molar-refractivity contribution is 7.99. The quantitative estimate of drug-likeness (QED) is 0.685. The molecule has 2 rings (SSSR count). The first-order valence-corrected chi connectivity index (χ1v) is 6.05. The van der Waals surface area contributed by atoms with Gasteiger partial charge in [0.05, 0.1) is 0 Å². The van der Waals surface area contributed by atoms with Crippen molar-refractivity contribution in [1.29, 1.82) is 0 Å². The summed E-state index contributed by atoms with van der Waals surface area (Å²) >= 11 is 1.94. The van der Waals surface area contributed by atoms with E-state index in [1.165, 1.54) is 29.1 Å². The molecule has 1 heterocycles. The van der Waals surface area contributed by atoms with Gasteiger partial charge in [-0.15, -0.1) is 11.8 Å². The summed E-state index contributed by atoms with van der Waals surface area (Å²) < 4.78 is 0. The van der Waals surface area contributed by atoms with Gasteiger partial charge in [0.25, 0.3) is 0 Å². The number of benzene rings is 1. The van der Waals surface area contributed by atoms with Crippen molar-refractivity contribution in [1.82, 2.24) is 0 Å². The third kappa shape index (κ3) is 1.90. The summed E-state index contributed by atoms with van der Waals surface area (Å²) in [5.74, 6) is 0. The van der Waals surface area contributed by atoms with Crippen LogP contribution in [0.4, 0.5) is 5.69 Å². The van der Waals surface area contributed by atoms with Gasteiger partial charge in [0.1, 0.15) is 0 Å². The fraction of sp³-hybridized carbons (Fsp3) is 0.500. The first kappa shape index (κ1) is 9.91. The Morgan fingerprint density at radius 2 is 2.14 bits per heavy atom. The number of rotatable bonds is 2. The van der Waals surface area contributed by atoms with Crippen molar-refractivity contribution >= 4 is 17.4 Å². The molecule has 0 amide bonds. The molecule has 0 radical (unpaired) electrons. The van der Waals surface area contributed by atoms with E-state index >= 15 is 0 Å². The average molecular weight is 207 g/mol. The topological polar surface area (TPSA) is 3.24 Å². The maximum absolute atomic E-state index is 2.35. The Morgan fingerprint density at radius 3 is 2.86 bits per heavy atom. The Balaban J connectivity index is 2.26. The maximum atomic E-state index is 2.35. The zero-order valence-electron chi connectivity index (χ0n) is 9.08. The van der Waals surface area contributed by atoms with E-state index in [-0.39, 0.29) is 0 Å². The molecular formula is C12H17NS. The van der Waals surface area contributed by atoms with E-state index in [9.17, 15) is 0 Å². The Hall–Kier alpha value is -0.630. The molecule has 0 aliphatic carbocycles. The Labute approximate surface area is 90.5 Å². The molecule has 1 aliphatic rings. The molecule has 2 heteroatoms. The molecule has 1 aromatic rings. The lowest BCUT2D eigenvalue weighted by molar-refractivity contribution is 0.956. The lowest BCUT2D eigenvalue weighted by atomic mass is 10.2. The summed E-state index contributed by atoms with van der Waals surface area (Å²) in [6, 6.07) is 6.86. The molecule has 0 spiro atoms. The Morgan fingerprint density at radius 1 is 1.36 bits per heavy atom. The van der Waals surface area contributed by atoms with E-state index in [0.717, 1.165) is 0 Å². The van der Waals surface area contributed by atoms with Gasteiger partial charge in [0.15, 0.2) is 0 Å². The molecule has 0 saturated carbocycles. The van der Waals surface area contributed by atoms with Gasteiger partial charge < -0.3 is 4.90 Å². The Kier molecular flexibility index (Phi) is 2.73. The number of likely N-dealkylation sites (N-methyl/N-ethyl adjacent to an activating group) is 1. The summed E-state index contributed by atoms with van der Waals surface area (Å²) in [5.41, 5.74) is 2.93. The van der Waals surface area contributed by atoms with Gasteiger partial charge in [-0.25, -0.2) is 0 Å². The lowest BCUT2D eigenvalue weighted by Gasteiger charge is -2.13. The third-order valence-electron chi connectivity index (χ3n) is 2.56. The van der Waals surface area contributed by atoms with Gasteiger partial charge in [-0.05, 0) is 24.1 Å². The molecule has 1 nitrogen and oxygen atoms in total. The van der Waals surface area contributed by atoms with Crippen molar-refractivity contribution in [3.63, 3.8) is 0 Å². The molecule has 0 fully saturated rings. The molecule has 1 aliphatic heterocycles. The zero-order chi connectivity index (χ0) is 10.1. The molecule has 0 N–H and O–H groups in total. The highest BCUT2D eigenvalue weighted by Gasteiger charge is 2.15. The highest BCUT2D eigenvalue weighted by Crippen LogP contribution is 2.32. The second-order valence-electron chi connectivity index (χ2n) is 4.13. The van der Waals surface area contributed by atoms with Gasteiger partial charge in [-0.1, -0.05) is 19.9 Å². The van der Waals surface area contributed by atoms with Crippen LogP contribution in [-0.4, -0.2) is 18.8 Å². The predicted molar refractivity (Wildman–Crippen MR) is 64.4 cm³/mol. The summed E-state index contributed by atoms with van der Waals surface area (Å²) in [6.07, 6.45) is 1.21. The van der Waals surface area contributed by atoms with Crippen LogP contribution in [-0.2, 0) is 6.42 Å². The summed E-state index contributed by atoms with van der Waals surface area (Å²) in [6.45, 7) is 5.65. The molecule has 76 valence electrons. The minimum Gasteiger partial charge on any atom is -0.374 e. The van der Waals surface area contributed by atoms with Gasteiger partial charge in [0, 0.05) is 29.4 Å². The number of fused-ring (bicyclic) bond motifs is 1. The van der Waals surface area contributed by atoms with Crippen LogP contribution in [0.5, 0.6) is 0 Å². The van der Waals surface area contributed by atoms with Crippen LogP contribution in [0.15, 0.2) is 23.1 Å². The fourth-order valence-electron chi connectivity index (χ4n) is 1.86. The van der Waals surface area contributed by atoms with Crippen molar-refractivity contribution in [3.8, 4) is 0 Å². The summed E-state index contributed by atoms with van der Waals surface area (Å²) in [7, 11) is 2.18. The lowest BCUT2D eigenvalue weighted by Crippen LogP contribution is -2.12. The van der Waals surface area contributed by atoms with Gasteiger partial charge in [-0.3, -0.25) is 0 Å². The van der Waals surface area contributed by atoms with Gasteiger partial charge >= 0.3 is 0 Å². The van der Waals surface area contributed by atoms with E-state index in [1.54, 1.807) is 0 Å². The van der Waals surface area contributed by atoms with Crippen LogP contribution >= 0.6 is 11.8 Å². The standard InChI is InChI=1S/C12H17NS/c1-9(2)14-11-5-4-10-6-7-13(3)12(10)8-11/h4-5,8-9H,6-7H2,1-3H3. The van der Waals surface area contributed by atoms with E-state index in [0.29, 0.717) is 5.25 Å². The first-order chi connectivity index (χ1) is 6.66. The van der Waals surface area contributed by atoms with Crippen LogP contribution in [0.2, 0.25) is 0 Å². The molecule has 14 heavy (non-hydrogen) atoms. The molecule has 0 unspecified atom stereocenters. The van der Waals surface area contributed by atoms with E-state index < -0.39 is 0 Å². The van der Waals surface area contributed by atoms with Crippen LogP contribution in [0, 0.1) is 0 Å². The normalized spacial score (nSPS) is 15.0. The van der Waals surface area contributed by atoms with Crippen molar-refractivity contribution in [2.45, 2.75) is 30.4 Å². The van der Waals surface area contributed by atoms with Gasteiger partial charge in [0.2, 0.25) is 0 Å². The Bertz CT molecular complexity index is 333. The van der Waals surface area contributed by atoms with Crippen LogP contribution in [0.25, 0.3) is 0 Å². The number of anilines is 1. The molecular weight excluding hydrogens is 190 g/mol. The second-order valence-corrected chi connectivity index (χ2v) is 5.78. The maximum Gasteiger partial charge on any atom is 0.0408 e. The first-order valence-electron chi connectivity index (χ1n) is 5.17. The molecule has 0 bridgehead atoms. The predicted octanol–water partition coefficient (Wildman–Crippen LogP) is 3.18. The van der Waals surface area contributed by atoms with E-state index in [2.05, 4.69) is 44.0 Å². The zero-order valence-corrected chi connectivity index (χ0v) is 9.90. The minimum absolute atomic E-state index is 0.666. The number of hydrogen-bond donors (Lipinski definition) is 0. The molecule has 0 aromatic heterocycles. The van der Waals surface area contributed by atoms with Crippen molar-refractivity contribution in [3.05, 3.63) is 23.8 Å². The fourth-order valence-corrected chi connectivity index (χ4v) is 2.74. The third-order valence-corrected chi connectivity index (χ3v) is 3.55. The van der Waals surface area contributed by atoms with Crippen LogP contribution < -0.4 is 4.90 Å². The van der Waals surface area contributed by atoms with Gasteiger partial charge in [-0.2, -0.15) is 0 Å².